The van der Waals surface area contributed by atoms with E-state index in [2.05, 4.69) is 23.3 Å². The van der Waals surface area contributed by atoms with E-state index in [1.165, 1.54) is 37.7 Å². The van der Waals surface area contributed by atoms with Crippen molar-refractivity contribution in [2.24, 2.45) is 5.41 Å². The Labute approximate surface area is 133 Å². The number of nitrogens with one attached hydrogen (secondary N) is 1. The van der Waals surface area contributed by atoms with E-state index in [1.54, 1.807) is 7.11 Å². The number of methoxy groups -OCH3 is 1. The van der Waals surface area contributed by atoms with Crippen molar-refractivity contribution in [3.05, 3.63) is 23.9 Å². The van der Waals surface area contributed by atoms with Crippen LogP contribution in [0.1, 0.15) is 51.0 Å². The quantitative estimate of drug-likeness (QED) is 0.875. The van der Waals surface area contributed by atoms with Crippen LogP contribution in [0.3, 0.4) is 0 Å². The number of ether oxygens (including phenoxy) is 2. The van der Waals surface area contributed by atoms with Crippen molar-refractivity contribution < 1.29 is 9.47 Å². The zero-order valence-electron chi connectivity index (χ0n) is 13.8. The molecule has 2 saturated carbocycles. The fourth-order valence-corrected chi connectivity index (χ4v) is 4.23. The van der Waals surface area contributed by atoms with Crippen molar-refractivity contribution in [1.29, 1.82) is 0 Å². The SMILES string of the molecule is CCO[C@H]1C[C@@H](NCc2ccc(OC)nc2)C12CCCCC2. The second-order valence-corrected chi connectivity index (χ2v) is 6.62. The lowest BCUT2D eigenvalue weighted by Gasteiger charge is -2.58. The predicted octanol–water partition coefficient (Wildman–Crippen LogP) is 3.31. The number of rotatable bonds is 6. The third kappa shape index (κ3) is 2.99. The molecule has 4 nitrogen and oxygen atoms in total. The zero-order valence-corrected chi connectivity index (χ0v) is 13.8. The third-order valence-electron chi connectivity index (χ3n) is 5.50. The first-order valence-electron chi connectivity index (χ1n) is 8.62. The predicted molar refractivity (Wildman–Crippen MR) is 87.0 cm³/mol. The summed E-state index contributed by atoms with van der Waals surface area (Å²) in [5.74, 6) is 0.674. The minimum atomic E-state index is 0.383. The molecule has 0 unspecified atom stereocenters. The first kappa shape index (κ1) is 15.8. The molecule has 2 atom stereocenters. The average molecular weight is 304 g/mol. The van der Waals surface area contributed by atoms with Gasteiger partial charge in [-0.05, 0) is 31.7 Å². The molecule has 1 spiro atoms. The molecular weight excluding hydrogens is 276 g/mol. The number of hydrogen-bond donors (Lipinski definition) is 1. The van der Waals surface area contributed by atoms with Gasteiger partial charge >= 0.3 is 0 Å². The maximum absolute atomic E-state index is 6.01. The minimum absolute atomic E-state index is 0.383. The molecule has 0 saturated heterocycles. The summed E-state index contributed by atoms with van der Waals surface area (Å²) >= 11 is 0. The van der Waals surface area contributed by atoms with E-state index in [0.29, 0.717) is 23.4 Å². The summed E-state index contributed by atoms with van der Waals surface area (Å²) in [6.45, 7) is 3.82. The van der Waals surface area contributed by atoms with Crippen LogP contribution in [0.5, 0.6) is 5.88 Å². The molecule has 0 bridgehead atoms. The van der Waals surface area contributed by atoms with Gasteiger partial charge in [0.05, 0.1) is 13.2 Å². The van der Waals surface area contributed by atoms with Gasteiger partial charge in [0.1, 0.15) is 0 Å². The van der Waals surface area contributed by atoms with Crippen LogP contribution in [0.15, 0.2) is 18.3 Å². The topological polar surface area (TPSA) is 43.4 Å². The fraction of sp³-hybridized carbons (Fsp3) is 0.722. The Morgan fingerprint density at radius 1 is 1.27 bits per heavy atom. The third-order valence-corrected chi connectivity index (χ3v) is 5.50. The second kappa shape index (κ2) is 6.97. The Hall–Kier alpha value is -1.13. The monoisotopic (exact) mass is 304 g/mol. The van der Waals surface area contributed by atoms with E-state index in [1.807, 2.05) is 12.3 Å². The van der Waals surface area contributed by atoms with Gasteiger partial charge < -0.3 is 14.8 Å². The highest BCUT2D eigenvalue weighted by Gasteiger charge is 2.55. The van der Waals surface area contributed by atoms with Crippen molar-refractivity contribution in [2.45, 2.75) is 64.1 Å². The van der Waals surface area contributed by atoms with Gasteiger partial charge in [0.15, 0.2) is 0 Å². The van der Waals surface area contributed by atoms with Gasteiger partial charge in [0.2, 0.25) is 5.88 Å². The van der Waals surface area contributed by atoms with Crippen LogP contribution < -0.4 is 10.1 Å². The van der Waals surface area contributed by atoms with E-state index in [4.69, 9.17) is 9.47 Å². The molecule has 4 heteroatoms. The fourth-order valence-electron chi connectivity index (χ4n) is 4.23. The lowest BCUT2D eigenvalue weighted by Crippen LogP contribution is -2.64. The van der Waals surface area contributed by atoms with E-state index in [9.17, 15) is 0 Å². The van der Waals surface area contributed by atoms with Gasteiger partial charge in [0, 0.05) is 36.9 Å². The van der Waals surface area contributed by atoms with Crippen molar-refractivity contribution in [1.82, 2.24) is 10.3 Å². The molecule has 2 aliphatic carbocycles. The zero-order chi connectivity index (χ0) is 15.4. The Morgan fingerprint density at radius 2 is 2.09 bits per heavy atom. The molecule has 2 aliphatic rings. The van der Waals surface area contributed by atoms with E-state index >= 15 is 0 Å². The lowest BCUT2D eigenvalue weighted by molar-refractivity contribution is -0.150. The standard InChI is InChI=1S/C18H28N2O2/c1-3-22-16-11-15(18(16)9-5-4-6-10-18)19-12-14-7-8-17(21-2)20-13-14/h7-8,13,15-16,19H,3-6,9-12H2,1-2H3/t15-,16+/m1/s1. The number of hydrogen-bond acceptors (Lipinski definition) is 4. The molecule has 1 N–H and O–H groups in total. The van der Waals surface area contributed by atoms with Crippen molar-refractivity contribution in [3.63, 3.8) is 0 Å². The molecule has 1 heterocycles. The highest BCUT2D eigenvalue weighted by atomic mass is 16.5. The summed E-state index contributed by atoms with van der Waals surface area (Å²) < 4.78 is 11.1. The summed E-state index contributed by atoms with van der Waals surface area (Å²) in [6, 6.07) is 4.61. The van der Waals surface area contributed by atoms with Gasteiger partial charge in [0.25, 0.3) is 0 Å². The lowest BCUT2D eigenvalue weighted by atomic mass is 9.55. The Kier molecular flexibility index (Phi) is 4.99. The van der Waals surface area contributed by atoms with E-state index in [-0.39, 0.29) is 0 Å². The molecule has 0 amide bonds. The van der Waals surface area contributed by atoms with Crippen molar-refractivity contribution in [2.75, 3.05) is 13.7 Å². The Balaban J connectivity index is 1.59. The smallest absolute Gasteiger partial charge is 0.212 e. The number of pyridine rings is 1. The van der Waals surface area contributed by atoms with Crippen LogP contribution in [-0.2, 0) is 11.3 Å². The highest BCUT2D eigenvalue weighted by Crippen LogP contribution is 2.53. The van der Waals surface area contributed by atoms with Crippen molar-refractivity contribution >= 4 is 0 Å². The molecule has 1 aromatic rings. The van der Waals surface area contributed by atoms with E-state index < -0.39 is 0 Å². The first-order chi connectivity index (χ1) is 10.8. The van der Waals surface area contributed by atoms with Crippen LogP contribution in [0.2, 0.25) is 0 Å². The normalized spacial score (nSPS) is 26.6. The summed E-state index contributed by atoms with van der Waals surface area (Å²) in [7, 11) is 1.65. The summed E-state index contributed by atoms with van der Waals surface area (Å²) in [5, 5.41) is 3.76. The number of aromatic nitrogens is 1. The largest absolute Gasteiger partial charge is 0.481 e. The van der Waals surface area contributed by atoms with Gasteiger partial charge in [-0.25, -0.2) is 4.98 Å². The van der Waals surface area contributed by atoms with Crippen LogP contribution in [0.4, 0.5) is 0 Å². The molecule has 0 radical (unpaired) electrons. The van der Waals surface area contributed by atoms with Gasteiger partial charge in [-0.3, -0.25) is 0 Å². The Morgan fingerprint density at radius 3 is 2.73 bits per heavy atom. The highest BCUT2D eigenvalue weighted by molar-refractivity contribution is 5.18. The Bertz CT molecular complexity index is 468. The summed E-state index contributed by atoms with van der Waals surface area (Å²) in [5.41, 5.74) is 1.60. The molecule has 0 aliphatic heterocycles. The van der Waals surface area contributed by atoms with Crippen LogP contribution in [0.25, 0.3) is 0 Å². The van der Waals surface area contributed by atoms with Crippen LogP contribution in [0, 0.1) is 5.41 Å². The molecular formula is C18H28N2O2. The van der Waals surface area contributed by atoms with Crippen LogP contribution >= 0.6 is 0 Å². The van der Waals surface area contributed by atoms with Gasteiger partial charge in [-0.15, -0.1) is 0 Å². The van der Waals surface area contributed by atoms with Gasteiger partial charge in [-0.1, -0.05) is 25.3 Å². The molecule has 1 aromatic heterocycles. The van der Waals surface area contributed by atoms with E-state index in [0.717, 1.165) is 19.6 Å². The minimum Gasteiger partial charge on any atom is -0.481 e. The molecule has 3 rings (SSSR count). The maximum Gasteiger partial charge on any atom is 0.212 e. The molecule has 0 aromatic carbocycles. The second-order valence-electron chi connectivity index (χ2n) is 6.62. The first-order valence-corrected chi connectivity index (χ1v) is 8.62. The van der Waals surface area contributed by atoms with Gasteiger partial charge in [-0.2, -0.15) is 0 Å². The summed E-state index contributed by atoms with van der Waals surface area (Å²) in [6.07, 6.45) is 10.2. The van der Waals surface area contributed by atoms with Crippen molar-refractivity contribution in [3.8, 4) is 5.88 Å². The molecule has 2 fully saturated rings. The van der Waals surface area contributed by atoms with Crippen LogP contribution in [-0.4, -0.2) is 30.8 Å². The maximum atomic E-state index is 6.01. The molecule has 122 valence electrons. The molecule has 22 heavy (non-hydrogen) atoms. The summed E-state index contributed by atoms with van der Waals surface area (Å²) in [4.78, 5) is 4.28. The number of nitrogens with zero attached hydrogens (tertiary/aromatic N) is 1. The average Bonchev–Trinajstić information content (AvgIpc) is 2.58.